The molecule has 27 heavy (non-hydrogen) atoms. The van der Waals surface area contributed by atoms with Gasteiger partial charge in [0.25, 0.3) is 15.9 Å². The van der Waals surface area contributed by atoms with E-state index in [1.54, 1.807) is 4.90 Å². The number of amides is 1. The van der Waals surface area contributed by atoms with Crippen LogP contribution in [0.15, 0.2) is 53.4 Å². The number of carbonyl (C=O) groups is 1. The molecule has 0 aliphatic rings. The molecule has 0 aliphatic carbocycles. The fourth-order valence-electron chi connectivity index (χ4n) is 2.48. The van der Waals surface area contributed by atoms with E-state index in [9.17, 15) is 17.6 Å². The molecule has 0 unspecified atom stereocenters. The van der Waals surface area contributed by atoms with Crippen LogP contribution in [0.4, 0.5) is 10.1 Å². The van der Waals surface area contributed by atoms with Crippen LogP contribution in [0.25, 0.3) is 0 Å². The van der Waals surface area contributed by atoms with Crippen LogP contribution in [0.3, 0.4) is 0 Å². The highest BCUT2D eigenvalue weighted by Crippen LogP contribution is 2.18. The first-order valence-corrected chi connectivity index (χ1v) is 10.1. The van der Waals surface area contributed by atoms with E-state index in [1.807, 2.05) is 6.92 Å². The number of aliphatic hydroxyl groups excluding tert-OH is 1. The van der Waals surface area contributed by atoms with Gasteiger partial charge in [-0.15, -0.1) is 0 Å². The van der Waals surface area contributed by atoms with Gasteiger partial charge in [0, 0.05) is 24.3 Å². The molecule has 0 heterocycles. The van der Waals surface area contributed by atoms with Gasteiger partial charge in [0.2, 0.25) is 0 Å². The minimum absolute atomic E-state index is 0.0576. The van der Waals surface area contributed by atoms with Gasteiger partial charge in [-0.05, 0) is 55.0 Å². The van der Waals surface area contributed by atoms with Crippen molar-refractivity contribution >= 4 is 21.6 Å². The van der Waals surface area contributed by atoms with Crippen molar-refractivity contribution in [1.29, 1.82) is 0 Å². The summed E-state index contributed by atoms with van der Waals surface area (Å²) in [5, 5.41) is 9.13. The Balaban J connectivity index is 2.11. The van der Waals surface area contributed by atoms with Crippen molar-refractivity contribution in [3.63, 3.8) is 0 Å². The largest absolute Gasteiger partial charge is 0.395 e. The number of anilines is 1. The summed E-state index contributed by atoms with van der Waals surface area (Å²) in [5.74, 6) is -0.738. The Morgan fingerprint density at radius 1 is 1.07 bits per heavy atom. The normalized spacial score (nSPS) is 11.2. The molecule has 2 aromatic carbocycles. The molecule has 146 valence electrons. The van der Waals surface area contributed by atoms with Crippen LogP contribution in [0, 0.1) is 5.82 Å². The van der Waals surface area contributed by atoms with E-state index < -0.39 is 15.8 Å². The lowest BCUT2D eigenvalue weighted by Gasteiger charge is -2.21. The molecule has 0 saturated carbocycles. The van der Waals surface area contributed by atoms with Crippen LogP contribution in [0.2, 0.25) is 0 Å². The molecule has 2 N–H and O–H groups in total. The van der Waals surface area contributed by atoms with Gasteiger partial charge >= 0.3 is 0 Å². The van der Waals surface area contributed by atoms with Gasteiger partial charge < -0.3 is 10.0 Å². The molecule has 6 nitrogen and oxygen atoms in total. The minimum atomic E-state index is -3.85. The molecule has 0 aromatic heterocycles. The van der Waals surface area contributed by atoms with E-state index in [2.05, 4.69) is 4.72 Å². The molecule has 0 spiro atoms. The van der Waals surface area contributed by atoms with Crippen molar-refractivity contribution < 1.29 is 22.7 Å². The number of benzene rings is 2. The van der Waals surface area contributed by atoms with Crippen molar-refractivity contribution in [3.05, 3.63) is 59.9 Å². The van der Waals surface area contributed by atoms with E-state index in [0.29, 0.717) is 12.1 Å². The summed E-state index contributed by atoms with van der Waals surface area (Å²) < 4.78 is 40.0. The van der Waals surface area contributed by atoms with E-state index in [4.69, 9.17) is 5.11 Å². The highest BCUT2D eigenvalue weighted by Gasteiger charge is 2.17. The Hall–Kier alpha value is -2.45. The third kappa shape index (κ3) is 5.77. The van der Waals surface area contributed by atoms with Gasteiger partial charge in [-0.1, -0.05) is 13.3 Å². The predicted octanol–water partition coefficient (Wildman–Crippen LogP) is 2.86. The summed E-state index contributed by atoms with van der Waals surface area (Å²) in [4.78, 5) is 14.0. The standard InChI is InChI=1S/C19H23FN2O4S/c1-2-3-12-22(13-14-23)19(24)15-4-8-17(9-5-15)21-27(25,26)18-10-6-16(20)7-11-18/h4-11,21,23H,2-3,12-14H2,1H3. The zero-order chi connectivity index (χ0) is 19.9. The molecule has 0 radical (unpaired) electrons. The summed E-state index contributed by atoms with van der Waals surface area (Å²) in [5.41, 5.74) is 0.697. The average molecular weight is 394 g/mol. The van der Waals surface area contributed by atoms with Crippen molar-refractivity contribution in [2.24, 2.45) is 0 Å². The maximum Gasteiger partial charge on any atom is 0.261 e. The zero-order valence-corrected chi connectivity index (χ0v) is 15.9. The molecular weight excluding hydrogens is 371 g/mol. The van der Waals surface area contributed by atoms with Gasteiger partial charge in [0.15, 0.2) is 0 Å². The second kappa shape index (κ2) is 9.48. The molecule has 2 aromatic rings. The molecule has 0 fully saturated rings. The van der Waals surface area contributed by atoms with Gasteiger partial charge in [0.1, 0.15) is 5.82 Å². The van der Waals surface area contributed by atoms with Crippen LogP contribution in [-0.4, -0.2) is 44.0 Å². The predicted molar refractivity (Wildman–Crippen MR) is 102 cm³/mol. The Kier molecular flexibility index (Phi) is 7.32. The lowest BCUT2D eigenvalue weighted by atomic mass is 10.1. The average Bonchev–Trinajstić information content (AvgIpc) is 2.65. The van der Waals surface area contributed by atoms with E-state index >= 15 is 0 Å². The quantitative estimate of drug-likeness (QED) is 0.685. The van der Waals surface area contributed by atoms with Gasteiger partial charge in [0.05, 0.1) is 11.5 Å². The summed E-state index contributed by atoms with van der Waals surface area (Å²) in [6.45, 7) is 2.70. The molecule has 0 aliphatic heterocycles. The first-order valence-electron chi connectivity index (χ1n) is 8.66. The summed E-state index contributed by atoms with van der Waals surface area (Å²) in [7, 11) is -3.85. The van der Waals surface area contributed by atoms with Crippen molar-refractivity contribution in [1.82, 2.24) is 4.90 Å². The highest BCUT2D eigenvalue weighted by molar-refractivity contribution is 7.92. The Labute approximate surface area is 158 Å². The number of nitrogens with zero attached hydrogens (tertiary/aromatic N) is 1. The Morgan fingerprint density at radius 2 is 1.70 bits per heavy atom. The second-order valence-electron chi connectivity index (χ2n) is 6.01. The molecule has 0 atom stereocenters. The first kappa shape index (κ1) is 20.9. The molecule has 2 rings (SSSR count). The third-order valence-electron chi connectivity index (χ3n) is 3.95. The maximum atomic E-state index is 13.0. The number of nitrogens with one attached hydrogen (secondary N) is 1. The lowest BCUT2D eigenvalue weighted by Crippen LogP contribution is -2.34. The van der Waals surface area contributed by atoms with E-state index in [0.717, 1.165) is 25.0 Å². The molecule has 1 amide bonds. The van der Waals surface area contributed by atoms with Crippen LogP contribution < -0.4 is 4.72 Å². The van der Waals surface area contributed by atoms with E-state index in [1.165, 1.54) is 36.4 Å². The summed E-state index contributed by atoms with van der Waals surface area (Å²) in [6.07, 6.45) is 1.76. The minimum Gasteiger partial charge on any atom is -0.395 e. The number of hydrogen-bond acceptors (Lipinski definition) is 4. The van der Waals surface area contributed by atoms with Gasteiger partial charge in [-0.25, -0.2) is 12.8 Å². The Bertz CT molecular complexity index is 852. The van der Waals surface area contributed by atoms with Gasteiger partial charge in [-0.2, -0.15) is 0 Å². The number of hydrogen-bond donors (Lipinski definition) is 2. The summed E-state index contributed by atoms with van der Waals surface area (Å²) >= 11 is 0. The molecule has 0 bridgehead atoms. The fraction of sp³-hybridized carbons (Fsp3) is 0.316. The number of carbonyl (C=O) groups excluding carboxylic acids is 1. The van der Waals surface area contributed by atoms with Crippen LogP contribution >= 0.6 is 0 Å². The number of unbranched alkanes of at least 4 members (excludes halogenated alkanes) is 1. The lowest BCUT2D eigenvalue weighted by molar-refractivity contribution is 0.0719. The van der Waals surface area contributed by atoms with Crippen LogP contribution in [0.1, 0.15) is 30.1 Å². The van der Waals surface area contributed by atoms with Gasteiger partial charge in [-0.3, -0.25) is 9.52 Å². The van der Waals surface area contributed by atoms with Crippen LogP contribution in [-0.2, 0) is 10.0 Å². The monoisotopic (exact) mass is 394 g/mol. The number of rotatable bonds is 9. The maximum absolute atomic E-state index is 13.0. The zero-order valence-electron chi connectivity index (χ0n) is 15.1. The topological polar surface area (TPSA) is 86.7 Å². The SMILES string of the molecule is CCCCN(CCO)C(=O)c1ccc(NS(=O)(=O)c2ccc(F)cc2)cc1. The number of aliphatic hydroxyl groups is 1. The number of halogens is 1. The fourth-order valence-corrected chi connectivity index (χ4v) is 3.53. The van der Waals surface area contributed by atoms with Crippen molar-refractivity contribution in [2.45, 2.75) is 24.7 Å². The molecule has 8 heteroatoms. The number of sulfonamides is 1. The smallest absolute Gasteiger partial charge is 0.261 e. The first-order chi connectivity index (χ1) is 12.9. The second-order valence-corrected chi connectivity index (χ2v) is 7.69. The van der Waals surface area contributed by atoms with Crippen molar-refractivity contribution in [2.75, 3.05) is 24.4 Å². The van der Waals surface area contributed by atoms with Crippen LogP contribution in [0.5, 0.6) is 0 Å². The molecular formula is C19H23FN2O4S. The van der Waals surface area contributed by atoms with Crippen molar-refractivity contribution in [3.8, 4) is 0 Å². The highest BCUT2D eigenvalue weighted by atomic mass is 32.2. The summed E-state index contributed by atoms with van der Waals surface area (Å²) in [6, 6.07) is 10.5. The Morgan fingerprint density at radius 3 is 2.26 bits per heavy atom. The third-order valence-corrected chi connectivity index (χ3v) is 5.34. The molecule has 0 saturated heterocycles. The van der Waals surface area contributed by atoms with E-state index in [-0.39, 0.29) is 29.6 Å².